The predicted molar refractivity (Wildman–Crippen MR) is 75.3 cm³/mol. The SMILES string of the molecule is N#Cc1cc(Br)cc(Nc2ccc(OC(F)(F)F)cc2)c1. The Morgan fingerprint density at radius 3 is 2.29 bits per heavy atom. The van der Waals surface area contributed by atoms with E-state index in [9.17, 15) is 13.2 Å². The number of nitrogens with zero attached hydrogens (tertiary/aromatic N) is 1. The average Bonchev–Trinajstić information content (AvgIpc) is 2.38. The van der Waals surface area contributed by atoms with E-state index in [1.54, 1.807) is 18.2 Å². The molecule has 0 radical (unpaired) electrons. The van der Waals surface area contributed by atoms with E-state index in [4.69, 9.17) is 5.26 Å². The molecule has 0 spiro atoms. The van der Waals surface area contributed by atoms with E-state index < -0.39 is 6.36 Å². The van der Waals surface area contributed by atoms with Crippen LogP contribution in [0.1, 0.15) is 5.56 Å². The van der Waals surface area contributed by atoms with Gasteiger partial charge in [-0.2, -0.15) is 5.26 Å². The third-order valence-corrected chi connectivity index (χ3v) is 2.86. The molecule has 2 rings (SSSR count). The molecule has 0 aromatic heterocycles. The molecular formula is C14H8BrF3N2O. The van der Waals surface area contributed by atoms with Crippen LogP contribution in [0.25, 0.3) is 0 Å². The van der Waals surface area contributed by atoms with Crippen LogP contribution in [0.15, 0.2) is 46.9 Å². The van der Waals surface area contributed by atoms with E-state index in [0.29, 0.717) is 16.9 Å². The van der Waals surface area contributed by atoms with E-state index in [0.717, 1.165) is 4.47 Å². The van der Waals surface area contributed by atoms with E-state index in [1.807, 2.05) is 6.07 Å². The van der Waals surface area contributed by atoms with Crippen molar-refractivity contribution in [3.8, 4) is 11.8 Å². The number of hydrogen-bond acceptors (Lipinski definition) is 3. The fraction of sp³-hybridized carbons (Fsp3) is 0.0714. The van der Waals surface area contributed by atoms with Gasteiger partial charge >= 0.3 is 6.36 Å². The molecule has 0 unspecified atom stereocenters. The Morgan fingerprint density at radius 2 is 1.71 bits per heavy atom. The van der Waals surface area contributed by atoms with Gasteiger partial charge < -0.3 is 10.1 Å². The van der Waals surface area contributed by atoms with Crippen LogP contribution in [0, 0.1) is 11.3 Å². The van der Waals surface area contributed by atoms with Crippen molar-refractivity contribution in [2.24, 2.45) is 0 Å². The number of alkyl halides is 3. The van der Waals surface area contributed by atoms with Crippen molar-refractivity contribution < 1.29 is 17.9 Å². The number of nitriles is 1. The van der Waals surface area contributed by atoms with Crippen LogP contribution in [0.5, 0.6) is 5.75 Å². The first-order valence-electron chi connectivity index (χ1n) is 5.69. The molecule has 0 heterocycles. The van der Waals surface area contributed by atoms with Gasteiger partial charge in [-0.3, -0.25) is 0 Å². The molecular weight excluding hydrogens is 349 g/mol. The number of rotatable bonds is 3. The zero-order valence-electron chi connectivity index (χ0n) is 10.4. The summed E-state index contributed by atoms with van der Waals surface area (Å²) in [5.41, 5.74) is 1.68. The zero-order valence-corrected chi connectivity index (χ0v) is 12.0. The minimum Gasteiger partial charge on any atom is -0.406 e. The van der Waals surface area contributed by atoms with Crippen molar-refractivity contribution >= 4 is 27.3 Å². The van der Waals surface area contributed by atoms with Crippen LogP contribution in [-0.4, -0.2) is 6.36 Å². The number of ether oxygens (including phenoxy) is 1. The Bertz CT molecular complexity index is 678. The molecule has 21 heavy (non-hydrogen) atoms. The summed E-state index contributed by atoms with van der Waals surface area (Å²) in [6.45, 7) is 0. The van der Waals surface area contributed by atoms with Crippen LogP contribution < -0.4 is 10.1 Å². The number of anilines is 2. The molecule has 0 bridgehead atoms. The van der Waals surface area contributed by atoms with Crippen molar-refractivity contribution in [3.05, 3.63) is 52.5 Å². The lowest BCUT2D eigenvalue weighted by Crippen LogP contribution is -2.16. The molecule has 0 aliphatic rings. The van der Waals surface area contributed by atoms with E-state index in [-0.39, 0.29) is 5.75 Å². The normalized spacial score (nSPS) is 10.8. The van der Waals surface area contributed by atoms with Gasteiger partial charge in [-0.05, 0) is 42.5 Å². The van der Waals surface area contributed by atoms with Gasteiger partial charge in [0, 0.05) is 15.8 Å². The predicted octanol–water partition coefficient (Wildman–Crippen LogP) is 4.96. The smallest absolute Gasteiger partial charge is 0.406 e. The largest absolute Gasteiger partial charge is 0.573 e. The molecule has 108 valence electrons. The second-order valence-corrected chi connectivity index (χ2v) is 4.95. The summed E-state index contributed by atoms with van der Waals surface area (Å²) in [6, 6.07) is 12.4. The average molecular weight is 357 g/mol. The quantitative estimate of drug-likeness (QED) is 0.844. The lowest BCUT2D eigenvalue weighted by Gasteiger charge is -2.11. The zero-order chi connectivity index (χ0) is 15.5. The topological polar surface area (TPSA) is 45.0 Å². The highest BCUT2D eigenvalue weighted by Crippen LogP contribution is 2.26. The summed E-state index contributed by atoms with van der Waals surface area (Å²) in [7, 11) is 0. The first-order valence-corrected chi connectivity index (χ1v) is 6.48. The summed E-state index contributed by atoms with van der Waals surface area (Å²) in [5, 5.41) is 11.9. The maximum absolute atomic E-state index is 12.0. The third-order valence-electron chi connectivity index (χ3n) is 2.40. The molecule has 3 nitrogen and oxygen atoms in total. The minimum absolute atomic E-state index is 0.292. The van der Waals surface area contributed by atoms with E-state index in [1.165, 1.54) is 24.3 Å². The van der Waals surface area contributed by atoms with E-state index in [2.05, 4.69) is 26.0 Å². The third kappa shape index (κ3) is 4.68. The maximum atomic E-state index is 12.0. The summed E-state index contributed by atoms with van der Waals surface area (Å²) in [6.07, 6.45) is -4.71. The highest BCUT2D eigenvalue weighted by molar-refractivity contribution is 9.10. The minimum atomic E-state index is -4.71. The van der Waals surface area contributed by atoms with Gasteiger partial charge in [0.1, 0.15) is 5.75 Å². The van der Waals surface area contributed by atoms with Gasteiger partial charge in [-0.1, -0.05) is 15.9 Å². The van der Waals surface area contributed by atoms with Crippen molar-refractivity contribution in [2.45, 2.75) is 6.36 Å². The number of halogens is 4. The fourth-order valence-corrected chi connectivity index (χ4v) is 2.13. The second kappa shape index (κ2) is 6.06. The monoisotopic (exact) mass is 356 g/mol. The summed E-state index contributed by atoms with van der Waals surface area (Å²) in [4.78, 5) is 0. The highest BCUT2D eigenvalue weighted by atomic mass is 79.9. The van der Waals surface area contributed by atoms with Gasteiger partial charge in [0.15, 0.2) is 0 Å². The molecule has 0 aliphatic heterocycles. The van der Waals surface area contributed by atoms with Crippen LogP contribution >= 0.6 is 15.9 Å². The Morgan fingerprint density at radius 1 is 1.05 bits per heavy atom. The molecule has 0 amide bonds. The van der Waals surface area contributed by atoms with Gasteiger partial charge in [0.2, 0.25) is 0 Å². The van der Waals surface area contributed by atoms with E-state index >= 15 is 0 Å². The second-order valence-electron chi connectivity index (χ2n) is 4.04. The molecule has 0 aliphatic carbocycles. The van der Waals surface area contributed by atoms with Gasteiger partial charge in [0.25, 0.3) is 0 Å². The Balaban J connectivity index is 2.14. The Kier molecular flexibility index (Phi) is 4.38. The maximum Gasteiger partial charge on any atom is 0.573 e. The van der Waals surface area contributed by atoms with Crippen molar-refractivity contribution in [1.29, 1.82) is 5.26 Å². The number of hydrogen-bond donors (Lipinski definition) is 1. The summed E-state index contributed by atoms with van der Waals surface area (Å²) >= 11 is 3.28. The molecule has 0 saturated heterocycles. The lowest BCUT2D eigenvalue weighted by atomic mass is 10.2. The fourth-order valence-electron chi connectivity index (χ4n) is 1.63. The Labute approximate surface area is 127 Å². The molecule has 7 heteroatoms. The highest BCUT2D eigenvalue weighted by Gasteiger charge is 2.30. The van der Waals surface area contributed by atoms with Gasteiger partial charge in [-0.15, -0.1) is 13.2 Å². The number of nitrogens with one attached hydrogen (secondary N) is 1. The molecule has 0 fully saturated rings. The molecule has 0 atom stereocenters. The van der Waals surface area contributed by atoms with Crippen LogP contribution in [0.2, 0.25) is 0 Å². The van der Waals surface area contributed by atoms with Crippen LogP contribution in [-0.2, 0) is 0 Å². The van der Waals surface area contributed by atoms with Crippen LogP contribution in [0.3, 0.4) is 0 Å². The summed E-state index contributed by atoms with van der Waals surface area (Å²) in [5.74, 6) is -0.292. The van der Waals surface area contributed by atoms with Gasteiger partial charge in [-0.25, -0.2) is 0 Å². The molecule has 2 aromatic carbocycles. The standard InChI is InChI=1S/C14H8BrF3N2O/c15-10-5-9(8-19)6-12(7-10)20-11-1-3-13(4-2-11)21-14(16,17)18/h1-7,20H. The Hall–Kier alpha value is -2.20. The first-order chi connectivity index (χ1) is 9.85. The van der Waals surface area contributed by atoms with Crippen molar-refractivity contribution in [2.75, 3.05) is 5.32 Å². The molecule has 0 saturated carbocycles. The van der Waals surface area contributed by atoms with Crippen molar-refractivity contribution in [3.63, 3.8) is 0 Å². The molecule has 1 N–H and O–H groups in total. The first kappa shape index (κ1) is 15.2. The van der Waals surface area contributed by atoms with Crippen molar-refractivity contribution in [1.82, 2.24) is 0 Å². The van der Waals surface area contributed by atoms with Gasteiger partial charge in [0.05, 0.1) is 11.6 Å². The van der Waals surface area contributed by atoms with Crippen LogP contribution in [0.4, 0.5) is 24.5 Å². The lowest BCUT2D eigenvalue weighted by molar-refractivity contribution is -0.274. The molecule has 2 aromatic rings. The number of benzene rings is 2. The summed E-state index contributed by atoms with van der Waals surface area (Å²) < 4.78 is 40.6.